The molecule has 1 saturated heterocycles. The molecular weight excluding hydrogens is 225 g/mol. The average Bonchev–Trinajstić information content (AvgIpc) is 2.18. The summed E-state index contributed by atoms with van der Waals surface area (Å²) in [6.07, 6.45) is 4.23. The molecule has 1 rings (SSSR count). The van der Waals surface area contributed by atoms with Crippen LogP contribution in [-0.2, 0) is 0 Å². The largest absolute Gasteiger partial charge is 0.303 e. The Bertz CT molecular complexity index is 85.0. The van der Waals surface area contributed by atoms with Crippen molar-refractivity contribution in [3.63, 3.8) is 0 Å². The lowest BCUT2D eigenvalue weighted by Gasteiger charge is -2.17. The van der Waals surface area contributed by atoms with Gasteiger partial charge in [-0.05, 0) is 32.9 Å². The number of likely N-dealkylation sites (tertiary alicyclic amines) is 1. The summed E-state index contributed by atoms with van der Waals surface area (Å²) in [5, 5.41) is 0. The van der Waals surface area contributed by atoms with Gasteiger partial charge in [0, 0.05) is 10.5 Å². The van der Waals surface area contributed by atoms with E-state index in [2.05, 4.69) is 34.5 Å². The summed E-state index contributed by atoms with van der Waals surface area (Å²) in [5.74, 6) is 0. The van der Waals surface area contributed by atoms with Crippen LogP contribution in [0.3, 0.4) is 0 Å². The van der Waals surface area contributed by atoms with Gasteiger partial charge in [-0.2, -0.15) is 0 Å². The third kappa shape index (κ3) is 2.08. The van der Waals surface area contributed by atoms with Crippen molar-refractivity contribution in [1.29, 1.82) is 0 Å². The van der Waals surface area contributed by atoms with Crippen molar-refractivity contribution in [2.24, 2.45) is 0 Å². The molecule has 1 aliphatic heterocycles. The van der Waals surface area contributed by atoms with E-state index in [9.17, 15) is 0 Å². The van der Waals surface area contributed by atoms with Crippen LogP contribution in [-0.4, -0.2) is 29.0 Å². The van der Waals surface area contributed by atoms with Crippen LogP contribution in [0.4, 0.5) is 0 Å². The maximum Gasteiger partial charge on any atom is 0.00999 e. The third-order valence-corrected chi connectivity index (χ3v) is 2.74. The van der Waals surface area contributed by atoms with Crippen LogP contribution in [0.5, 0.6) is 0 Å². The van der Waals surface area contributed by atoms with Gasteiger partial charge in [-0.1, -0.05) is 22.6 Å². The highest BCUT2D eigenvalue weighted by Crippen LogP contribution is 2.18. The molecule has 0 aromatic heterocycles. The SMILES string of the molecule is CN1CCC[C@H]1CCI. The number of rotatable bonds is 2. The Balaban J connectivity index is 2.22. The summed E-state index contributed by atoms with van der Waals surface area (Å²) < 4.78 is 1.31. The number of halogens is 1. The molecule has 0 aromatic carbocycles. The van der Waals surface area contributed by atoms with Crippen molar-refractivity contribution in [3.05, 3.63) is 0 Å². The van der Waals surface area contributed by atoms with Crippen LogP contribution in [0, 0.1) is 0 Å². The number of nitrogens with zero attached hydrogens (tertiary/aromatic N) is 1. The van der Waals surface area contributed by atoms with E-state index in [1.165, 1.54) is 30.2 Å². The lowest BCUT2D eigenvalue weighted by atomic mass is 10.2. The molecule has 0 radical (unpaired) electrons. The van der Waals surface area contributed by atoms with Crippen LogP contribution in [0.15, 0.2) is 0 Å². The van der Waals surface area contributed by atoms with Gasteiger partial charge in [0.25, 0.3) is 0 Å². The van der Waals surface area contributed by atoms with E-state index in [1.54, 1.807) is 0 Å². The highest BCUT2D eigenvalue weighted by Gasteiger charge is 2.18. The Morgan fingerprint density at radius 3 is 2.89 bits per heavy atom. The van der Waals surface area contributed by atoms with E-state index < -0.39 is 0 Å². The van der Waals surface area contributed by atoms with Gasteiger partial charge in [0.15, 0.2) is 0 Å². The molecule has 0 bridgehead atoms. The van der Waals surface area contributed by atoms with E-state index >= 15 is 0 Å². The Morgan fingerprint density at radius 2 is 2.44 bits per heavy atom. The molecule has 2 heteroatoms. The minimum Gasteiger partial charge on any atom is -0.303 e. The fourth-order valence-corrected chi connectivity index (χ4v) is 2.19. The first-order valence-electron chi connectivity index (χ1n) is 3.61. The van der Waals surface area contributed by atoms with E-state index in [0.29, 0.717) is 0 Å². The predicted octanol–water partition coefficient (Wildman–Crippen LogP) is 1.91. The van der Waals surface area contributed by atoms with E-state index in [4.69, 9.17) is 0 Å². The van der Waals surface area contributed by atoms with Crippen LogP contribution in [0.25, 0.3) is 0 Å². The Labute approximate surface area is 70.9 Å². The molecule has 1 heterocycles. The second-order valence-corrected chi connectivity index (χ2v) is 3.83. The van der Waals surface area contributed by atoms with Gasteiger partial charge in [0.2, 0.25) is 0 Å². The zero-order chi connectivity index (χ0) is 6.69. The summed E-state index contributed by atoms with van der Waals surface area (Å²) in [4.78, 5) is 2.48. The van der Waals surface area contributed by atoms with Crippen LogP contribution < -0.4 is 0 Å². The zero-order valence-corrected chi connectivity index (χ0v) is 8.10. The second kappa shape index (κ2) is 3.76. The van der Waals surface area contributed by atoms with Gasteiger partial charge in [0.1, 0.15) is 0 Å². The van der Waals surface area contributed by atoms with E-state index in [1.807, 2.05) is 0 Å². The summed E-state index contributed by atoms with van der Waals surface area (Å²) in [5.41, 5.74) is 0. The van der Waals surface area contributed by atoms with Gasteiger partial charge in [0.05, 0.1) is 0 Å². The first-order valence-corrected chi connectivity index (χ1v) is 5.13. The standard InChI is InChI=1S/C7H14IN/c1-9-6-2-3-7(9)4-5-8/h7H,2-6H2,1H3/t7-/m0/s1. The quantitative estimate of drug-likeness (QED) is 0.525. The summed E-state index contributed by atoms with van der Waals surface area (Å²) in [6.45, 7) is 1.32. The van der Waals surface area contributed by atoms with Crippen LogP contribution in [0.1, 0.15) is 19.3 Å². The van der Waals surface area contributed by atoms with Gasteiger partial charge in [-0.25, -0.2) is 0 Å². The minimum absolute atomic E-state index is 0.905. The minimum atomic E-state index is 0.905. The van der Waals surface area contributed by atoms with Gasteiger partial charge in [-0.3, -0.25) is 0 Å². The van der Waals surface area contributed by atoms with Crippen molar-refractivity contribution in [3.8, 4) is 0 Å². The lowest BCUT2D eigenvalue weighted by Crippen LogP contribution is -2.24. The lowest BCUT2D eigenvalue weighted by molar-refractivity contribution is 0.306. The summed E-state index contributed by atoms with van der Waals surface area (Å²) in [7, 11) is 2.24. The predicted molar refractivity (Wildman–Crippen MR) is 49.2 cm³/mol. The molecular formula is C7H14IN. The molecule has 1 fully saturated rings. The third-order valence-electron chi connectivity index (χ3n) is 2.11. The maximum atomic E-state index is 2.48. The smallest absolute Gasteiger partial charge is 0.00999 e. The molecule has 9 heavy (non-hydrogen) atoms. The fourth-order valence-electron chi connectivity index (χ4n) is 1.47. The van der Waals surface area contributed by atoms with Crippen molar-refractivity contribution in [2.75, 3.05) is 18.0 Å². The highest BCUT2D eigenvalue weighted by molar-refractivity contribution is 14.1. The van der Waals surface area contributed by atoms with Crippen molar-refractivity contribution in [1.82, 2.24) is 4.90 Å². The molecule has 1 atom stereocenters. The average molecular weight is 239 g/mol. The zero-order valence-electron chi connectivity index (χ0n) is 5.94. The van der Waals surface area contributed by atoms with Gasteiger partial charge in [-0.15, -0.1) is 0 Å². The van der Waals surface area contributed by atoms with E-state index in [-0.39, 0.29) is 0 Å². The first-order chi connectivity index (χ1) is 4.34. The number of hydrogen-bond acceptors (Lipinski definition) is 1. The molecule has 0 spiro atoms. The Morgan fingerprint density at radius 1 is 1.67 bits per heavy atom. The molecule has 54 valence electrons. The fraction of sp³-hybridized carbons (Fsp3) is 1.00. The van der Waals surface area contributed by atoms with Gasteiger partial charge < -0.3 is 4.90 Å². The monoisotopic (exact) mass is 239 g/mol. The van der Waals surface area contributed by atoms with Crippen LogP contribution >= 0.6 is 22.6 Å². The normalized spacial score (nSPS) is 29.3. The molecule has 0 amide bonds. The molecule has 0 unspecified atom stereocenters. The maximum absolute atomic E-state index is 2.48. The second-order valence-electron chi connectivity index (χ2n) is 2.75. The Kier molecular flexibility index (Phi) is 3.26. The summed E-state index contributed by atoms with van der Waals surface area (Å²) in [6, 6.07) is 0.905. The van der Waals surface area contributed by atoms with Crippen molar-refractivity contribution < 1.29 is 0 Å². The topological polar surface area (TPSA) is 3.24 Å². The first kappa shape index (κ1) is 7.79. The summed E-state index contributed by atoms with van der Waals surface area (Å²) >= 11 is 2.46. The molecule has 0 aromatic rings. The number of alkyl halides is 1. The Hall–Kier alpha value is 0.690. The van der Waals surface area contributed by atoms with Crippen LogP contribution in [0.2, 0.25) is 0 Å². The van der Waals surface area contributed by atoms with E-state index in [0.717, 1.165) is 6.04 Å². The molecule has 0 N–H and O–H groups in total. The number of hydrogen-bond donors (Lipinski definition) is 0. The molecule has 0 aliphatic carbocycles. The van der Waals surface area contributed by atoms with Gasteiger partial charge >= 0.3 is 0 Å². The van der Waals surface area contributed by atoms with Crippen molar-refractivity contribution in [2.45, 2.75) is 25.3 Å². The molecule has 1 aliphatic rings. The van der Waals surface area contributed by atoms with Crippen molar-refractivity contribution >= 4 is 22.6 Å². The highest BCUT2D eigenvalue weighted by atomic mass is 127. The molecule has 1 nitrogen and oxygen atoms in total. The molecule has 0 saturated carbocycles.